The summed E-state index contributed by atoms with van der Waals surface area (Å²) in [6.45, 7) is 0. The number of rotatable bonds is 1. The predicted octanol–water partition coefficient (Wildman–Crippen LogP) is 3.50. The lowest BCUT2D eigenvalue weighted by Crippen LogP contribution is -1.80. The lowest BCUT2D eigenvalue weighted by molar-refractivity contribution is 0.547. The van der Waals surface area contributed by atoms with Crippen LogP contribution in [0.2, 0.25) is 5.15 Å². The van der Waals surface area contributed by atoms with Crippen molar-refractivity contribution in [3.05, 3.63) is 28.9 Å². The largest absolute Gasteiger partial charge is 0.459 e. The fourth-order valence-corrected chi connectivity index (χ4v) is 1.65. The molecule has 2 aromatic rings. The third-order valence-electron chi connectivity index (χ3n) is 2.41. The summed E-state index contributed by atoms with van der Waals surface area (Å²) in [5.41, 5.74) is 1.12. The number of hydrogen-bond acceptors (Lipinski definition) is 2. The van der Waals surface area contributed by atoms with E-state index in [0.29, 0.717) is 17.0 Å². The average Bonchev–Trinajstić information content (AvgIpc) is 2.90. The topological polar surface area (TPSA) is 26.0 Å². The first kappa shape index (κ1) is 8.24. The zero-order valence-corrected chi connectivity index (χ0v) is 8.01. The molecule has 0 aliphatic heterocycles. The van der Waals surface area contributed by atoms with Crippen molar-refractivity contribution in [2.45, 2.75) is 18.8 Å². The minimum atomic E-state index is -0.532. The Morgan fingerprint density at radius 1 is 1.43 bits per heavy atom. The SMILES string of the molecule is Fc1cc2oc(C3CC3)cc2nc1Cl. The Morgan fingerprint density at radius 2 is 2.21 bits per heavy atom. The van der Waals surface area contributed by atoms with Crippen LogP contribution in [-0.2, 0) is 0 Å². The monoisotopic (exact) mass is 211 g/mol. The van der Waals surface area contributed by atoms with Gasteiger partial charge >= 0.3 is 0 Å². The zero-order chi connectivity index (χ0) is 9.71. The summed E-state index contributed by atoms with van der Waals surface area (Å²) >= 11 is 5.56. The second-order valence-corrected chi connectivity index (χ2v) is 3.93. The Morgan fingerprint density at radius 3 is 2.93 bits per heavy atom. The van der Waals surface area contributed by atoms with Crippen LogP contribution < -0.4 is 0 Å². The maximum absolute atomic E-state index is 13.0. The maximum atomic E-state index is 13.0. The molecule has 1 aliphatic carbocycles. The van der Waals surface area contributed by atoms with Crippen LogP contribution in [0.15, 0.2) is 16.5 Å². The third-order valence-corrected chi connectivity index (χ3v) is 2.68. The van der Waals surface area contributed by atoms with Crippen LogP contribution in [0.1, 0.15) is 24.5 Å². The van der Waals surface area contributed by atoms with Gasteiger partial charge in [0.2, 0.25) is 0 Å². The molecular formula is C10H7ClFNO. The lowest BCUT2D eigenvalue weighted by Gasteiger charge is -1.91. The van der Waals surface area contributed by atoms with Crippen molar-refractivity contribution in [2.75, 3.05) is 0 Å². The highest BCUT2D eigenvalue weighted by Gasteiger charge is 2.27. The van der Waals surface area contributed by atoms with Crippen molar-refractivity contribution in [1.82, 2.24) is 4.98 Å². The number of pyridine rings is 1. The molecule has 0 radical (unpaired) electrons. The number of halogens is 2. The van der Waals surface area contributed by atoms with Gasteiger partial charge in [-0.25, -0.2) is 9.37 Å². The van der Waals surface area contributed by atoms with E-state index in [0.717, 1.165) is 18.6 Å². The molecule has 1 fully saturated rings. The molecule has 2 aromatic heterocycles. The van der Waals surface area contributed by atoms with Crippen LogP contribution in [-0.4, -0.2) is 4.98 Å². The smallest absolute Gasteiger partial charge is 0.165 e. The molecule has 2 heterocycles. The lowest BCUT2D eigenvalue weighted by atomic mass is 10.3. The quantitative estimate of drug-likeness (QED) is 0.675. The Bertz CT molecular complexity index is 465. The Hall–Kier alpha value is -1.09. The molecule has 0 N–H and O–H groups in total. The third kappa shape index (κ3) is 1.20. The van der Waals surface area contributed by atoms with Gasteiger partial charge in [0.15, 0.2) is 16.6 Å². The summed E-state index contributed by atoms with van der Waals surface area (Å²) in [7, 11) is 0. The van der Waals surface area contributed by atoms with Gasteiger partial charge in [0, 0.05) is 18.1 Å². The molecule has 14 heavy (non-hydrogen) atoms. The van der Waals surface area contributed by atoms with E-state index in [1.54, 1.807) is 0 Å². The minimum absolute atomic E-state index is 0.0966. The molecule has 0 amide bonds. The number of furan rings is 1. The molecule has 0 bridgehead atoms. The fourth-order valence-electron chi connectivity index (χ4n) is 1.51. The van der Waals surface area contributed by atoms with Crippen molar-refractivity contribution >= 4 is 22.7 Å². The average molecular weight is 212 g/mol. The molecule has 4 heteroatoms. The van der Waals surface area contributed by atoms with Gasteiger partial charge in [-0.1, -0.05) is 11.6 Å². The standard InChI is InChI=1S/C10H7ClFNO/c11-10-6(12)3-9-7(13-10)4-8(14-9)5-1-2-5/h3-5H,1-2H2. The molecule has 0 saturated heterocycles. The number of fused-ring (bicyclic) bond motifs is 1. The zero-order valence-electron chi connectivity index (χ0n) is 7.26. The fraction of sp³-hybridized carbons (Fsp3) is 0.300. The highest BCUT2D eigenvalue weighted by atomic mass is 35.5. The Kier molecular flexibility index (Phi) is 1.59. The number of aromatic nitrogens is 1. The number of hydrogen-bond donors (Lipinski definition) is 0. The summed E-state index contributed by atoms with van der Waals surface area (Å²) in [6, 6.07) is 3.13. The van der Waals surface area contributed by atoms with Crippen molar-refractivity contribution in [2.24, 2.45) is 0 Å². The number of nitrogens with zero attached hydrogens (tertiary/aromatic N) is 1. The molecule has 2 nitrogen and oxygen atoms in total. The normalized spacial score (nSPS) is 16.4. The predicted molar refractivity (Wildman–Crippen MR) is 51.0 cm³/mol. The van der Waals surface area contributed by atoms with E-state index < -0.39 is 5.82 Å². The molecule has 72 valence electrons. The highest BCUT2D eigenvalue weighted by molar-refractivity contribution is 6.29. The Labute approximate surface area is 84.7 Å². The van der Waals surface area contributed by atoms with Gasteiger partial charge in [-0.3, -0.25) is 0 Å². The molecule has 1 aliphatic rings. The van der Waals surface area contributed by atoms with Gasteiger partial charge in [-0.15, -0.1) is 0 Å². The molecule has 0 unspecified atom stereocenters. The summed E-state index contributed by atoms with van der Waals surface area (Å²) < 4.78 is 18.5. The molecule has 0 atom stereocenters. The summed E-state index contributed by atoms with van der Waals surface area (Å²) in [4.78, 5) is 3.90. The molecule has 3 rings (SSSR count). The van der Waals surface area contributed by atoms with E-state index in [2.05, 4.69) is 4.98 Å². The van der Waals surface area contributed by atoms with Gasteiger partial charge < -0.3 is 4.42 Å². The molecule has 1 saturated carbocycles. The Balaban J connectivity index is 2.22. The molecule has 0 spiro atoms. The first-order valence-corrected chi connectivity index (χ1v) is 4.87. The van der Waals surface area contributed by atoms with Crippen LogP contribution in [0.4, 0.5) is 4.39 Å². The van der Waals surface area contributed by atoms with Crippen molar-refractivity contribution in [3.8, 4) is 0 Å². The first-order chi connectivity index (χ1) is 6.74. The van der Waals surface area contributed by atoms with E-state index in [4.69, 9.17) is 16.0 Å². The van der Waals surface area contributed by atoms with Gasteiger partial charge in [0.1, 0.15) is 11.3 Å². The van der Waals surface area contributed by atoms with Gasteiger partial charge in [0.05, 0.1) is 0 Å². The van der Waals surface area contributed by atoms with Crippen LogP contribution >= 0.6 is 11.6 Å². The maximum Gasteiger partial charge on any atom is 0.165 e. The van der Waals surface area contributed by atoms with Crippen molar-refractivity contribution in [3.63, 3.8) is 0 Å². The minimum Gasteiger partial charge on any atom is -0.459 e. The summed E-state index contributed by atoms with van der Waals surface area (Å²) in [6.07, 6.45) is 2.30. The van der Waals surface area contributed by atoms with Gasteiger partial charge in [-0.05, 0) is 12.8 Å². The van der Waals surface area contributed by atoms with Crippen LogP contribution in [0, 0.1) is 5.82 Å². The first-order valence-electron chi connectivity index (χ1n) is 4.49. The summed E-state index contributed by atoms with van der Waals surface area (Å²) in [5.74, 6) is 0.871. The van der Waals surface area contributed by atoms with E-state index in [1.807, 2.05) is 6.07 Å². The van der Waals surface area contributed by atoms with Crippen molar-refractivity contribution < 1.29 is 8.81 Å². The van der Waals surface area contributed by atoms with Gasteiger partial charge in [0.25, 0.3) is 0 Å². The van der Waals surface area contributed by atoms with E-state index in [-0.39, 0.29) is 5.15 Å². The second-order valence-electron chi connectivity index (χ2n) is 3.57. The van der Waals surface area contributed by atoms with Gasteiger partial charge in [-0.2, -0.15) is 0 Å². The van der Waals surface area contributed by atoms with Crippen molar-refractivity contribution in [1.29, 1.82) is 0 Å². The van der Waals surface area contributed by atoms with E-state index in [9.17, 15) is 4.39 Å². The van der Waals surface area contributed by atoms with E-state index >= 15 is 0 Å². The van der Waals surface area contributed by atoms with Crippen LogP contribution in [0.25, 0.3) is 11.1 Å². The highest BCUT2D eigenvalue weighted by Crippen LogP contribution is 2.42. The molecular weight excluding hydrogens is 205 g/mol. The molecule has 0 aromatic carbocycles. The van der Waals surface area contributed by atoms with Crippen LogP contribution in [0.3, 0.4) is 0 Å². The summed E-state index contributed by atoms with van der Waals surface area (Å²) in [5, 5.41) is -0.0966. The second kappa shape index (κ2) is 2.70. The van der Waals surface area contributed by atoms with Crippen LogP contribution in [0.5, 0.6) is 0 Å². The van der Waals surface area contributed by atoms with E-state index in [1.165, 1.54) is 6.07 Å².